The van der Waals surface area contributed by atoms with Gasteiger partial charge in [-0.05, 0) is 31.5 Å². The number of hydrogen-bond donors (Lipinski definition) is 0. The summed E-state index contributed by atoms with van der Waals surface area (Å²) in [6.45, 7) is 4.06. The molecule has 0 aromatic carbocycles. The Morgan fingerprint density at radius 2 is 2.40 bits per heavy atom. The minimum Gasteiger partial charge on any atom is -0.462 e. The summed E-state index contributed by atoms with van der Waals surface area (Å²) in [4.78, 5) is 12.1. The van der Waals surface area contributed by atoms with Crippen molar-refractivity contribution in [2.45, 2.75) is 25.3 Å². The van der Waals surface area contributed by atoms with Gasteiger partial charge in [0.2, 0.25) is 0 Å². The number of rotatable bonds is 5. The lowest BCUT2D eigenvalue weighted by Crippen LogP contribution is -2.05. The number of thioether (sulfide) groups is 1. The number of carbonyl (C=O) groups excluding carboxylic acids is 1. The number of carbonyl (C=O) groups is 1. The highest BCUT2D eigenvalue weighted by Gasteiger charge is 2.21. The zero-order valence-electron chi connectivity index (χ0n) is 11.4. The summed E-state index contributed by atoms with van der Waals surface area (Å²) in [5.74, 6) is 0.235. The number of hydrogen-bond acceptors (Lipinski definition) is 5. The molecule has 0 aliphatic carbocycles. The number of esters is 1. The van der Waals surface area contributed by atoms with Gasteiger partial charge < -0.3 is 4.74 Å². The molecule has 6 heteroatoms. The van der Waals surface area contributed by atoms with Gasteiger partial charge in [-0.1, -0.05) is 0 Å². The van der Waals surface area contributed by atoms with E-state index >= 15 is 0 Å². The molecule has 0 amide bonds. The molecule has 2 rings (SSSR count). The van der Waals surface area contributed by atoms with Crippen molar-refractivity contribution in [1.82, 2.24) is 9.61 Å². The Labute approximate surface area is 121 Å². The first-order chi connectivity index (χ1) is 9.67. The monoisotopic (exact) mass is 289 g/mol. The van der Waals surface area contributed by atoms with Crippen LogP contribution in [-0.4, -0.2) is 27.9 Å². The Kier molecular flexibility index (Phi) is 4.64. The van der Waals surface area contributed by atoms with Gasteiger partial charge in [0.15, 0.2) is 0 Å². The molecule has 0 bridgehead atoms. The smallest absolute Gasteiger partial charge is 0.343 e. The normalized spacial score (nSPS) is 10.4. The summed E-state index contributed by atoms with van der Waals surface area (Å²) in [5, 5.41) is 13.6. The average Bonchev–Trinajstić information content (AvgIpc) is 2.77. The number of aryl methyl sites for hydroxylation is 1. The third-order valence-electron chi connectivity index (χ3n) is 2.69. The van der Waals surface area contributed by atoms with Crippen LogP contribution in [0.3, 0.4) is 0 Å². The van der Waals surface area contributed by atoms with Crippen LogP contribution in [0.15, 0.2) is 23.4 Å². The van der Waals surface area contributed by atoms with Crippen LogP contribution in [0.2, 0.25) is 0 Å². The van der Waals surface area contributed by atoms with Crippen LogP contribution in [0.5, 0.6) is 0 Å². The van der Waals surface area contributed by atoms with E-state index in [9.17, 15) is 4.79 Å². The Balaban J connectivity index is 2.46. The second kappa shape index (κ2) is 6.44. The zero-order chi connectivity index (χ0) is 14.5. The second-order valence-electron chi connectivity index (χ2n) is 4.19. The van der Waals surface area contributed by atoms with Gasteiger partial charge in [0.05, 0.1) is 18.2 Å². The Morgan fingerprint density at radius 3 is 3.10 bits per heavy atom. The van der Waals surface area contributed by atoms with Crippen molar-refractivity contribution in [3.8, 4) is 6.07 Å². The van der Waals surface area contributed by atoms with Crippen molar-refractivity contribution in [3.63, 3.8) is 0 Å². The maximum absolute atomic E-state index is 12.1. The molecule has 0 N–H and O–H groups in total. The summed E-state index contributed by atoms with van der Waals surface area (Å²) >= 11 is 1.40. The van der Waals surface area contributed by atoms with Crippen LogP contribution in [-0.2, 0) is 4.74 Å². The van der Waals surface area contributed by atoms with Crippen LogP contribution >= 0.6 is 11.8 Å². The topological polar surface area (TPSA) is 67.4 Å². The van der Waals surface area contributed by atoms with Crippen molar-refractivity contribution in [2.75, 3.05) is 12.4 Å². The van der Waals surface area contributed by atoms with Crippen LogP contribution < -0.4 is 0 Å². The average molecular weight is 289 g/mol. The van der Waals surface area contributed by atoms with E-state index in [1.54, 1.807) is 11.4 Å². The van der Waals surface area contributed by atoms with Crippen molar-refractivity contribution in [1.29, 1.82) is 5.26 Å². The Morgan fingerprint density at radius 1 is 1.60 bits per heavy atom. The molecular weight excluding hydrogens is 274 g/mol. The highest BCUT2D eigenvalue weighted by molar-refractivity contribution is 7.99. The van der Waals surface area contributed by atoms with Gasteiger partial charge in [0.1, 0.15) is 10.6 Å². The first-order valence-corrected chi connectivity index (χ1v) is 7.31. The summed E-state index contributed by atoms with van der Waals surface area (Å²) in [7, 11) is 0. The van der Waals surface area contributed by atoms with E-state index < -0.39 is 0 Å². The molecule has 0 fully saturated rings. The fraction of sp³-hybridized carbons (Fsp3) is 0.357. The summed E-state index contributed by atoms with van der Waals surface area (Å²) in [6.07, 6.45) is 2.24. The quantitative estimate of drug-likeness (QED) is 0.481. The van der Waals surface area contributed by atoms with E-state index in [1.807, 2.05) is 25.3 Å². The van der Waals surface area contributed by atoms with Gasteiger partial charge in [-0.2, -0.15) is 10.4 Å². The molecule has 0 aliphatic rings. The molecule has 2 aromatic heterocycles. The number of pyridine rings is 1. The second-order valence-corrected chi connectivity index (χ2v) is 5.27. The predicted molar refractivity (Wildman–Crippen MR) is 76.8 cm³/mol. The zero-order valence-corrected chi connectivity index (χ0v) is 12.2. The molecule has 20 heavy (non-hydrogen) atoms. The molecule has 5 nitrogen and oxygen atoms in total. The molecule has 0 saturated heterocycles. The van der Waals surface area contributed by atoms with Crippen LogP contribution in [0.4, 0.5) is 0 Å². The third-order valence-corrected chi connectivity index (χ3v) is 3.66. The maximum Gasteiger partial charge on any atom is 0.343 e. The number of nitriles is 1. The van der Waals surface area contributed by atoms with Gasteiger partial charge >= 0.3 is 5.97 Å². The first-order valence-electron chi connectivity index (χ1n) is 6.33. The fourth-order valence-corrected chi connectivity index (χ4v) is 2.68. The number of fused-ring (bicyclic) bond motifs is 1. The fourth-order valence-electron chi connectivity index (χ4n) is 1.82. The third kappa shape index (κ3) is 2.94. The summed E-state index contributed by atoms with van der Waals surface area (Å²) < 4.78 is 6.79. The molecule has 2 aromatic rings. The maximum atomic E-state index is 12.1. The lowest BCUT2D eigenvalue weighted by molar-refractivity contribution is 0.0524. The van der Waals surface area contributed by atoms with Gasteiger partial charge in [0.25, 0.3) is 0 Å². The van der Waals surface area contributed by atoms with Gasteiger partial charge in [-0.15, -0.1) is 11.8 Å². The predicted octanol–water partition coefficient (Wildman–Crippen LogP) is 2.83. The van der Waals surface area contributed by atoms with E-state index in [1.165, 1.54) is 11.8 Å². The molecular formula is C14H15N3O2S. The number of nitrogens with zero attached hydrogens (tertiary/aromatic N) is 3. The number of ether oxygens (including phenoxy) is 1. The van der Waals surface area contributed by atoms with Crippen LogP contribution in [0, 0.1) is 18.3 Å². The van der Waals surface area contributed by atoms with Crippen molar-refractivity contribution in [3.05, 3.63) is 29.5 Å². The Bertz CT molecular complexity index is 673. The molecule has 0 unspecified atom stereocenters. The molecule has 104 valence electrons. The van der Waals surface area contributed by atoms with Crippen molar-refractivity contribution in [2.24, 2.45) is 0 Å². The lowest BCUT2D eigenvalue weighted by atomic mass is 10.2. The molecule has 0 aliphatic heterocycles. The number of aromatic nitrogens is 2. The SMILES string of the molecule is CCOC(=O)c1c(SCCC#N)nn2ccc(C)cc12. The van der Waals surface area contributed by atoms with E-state index in [0.717, 1.165) is 11.1 Å². The Hall–Kier alpha value is -2.00. The molecule has 0 spiro atoms. The largest absolute Gasteiger partial charge is 0.462 e. The highest BCUT2D eigenvalue weighted by atomic mass is 32.2. The van der Waals surface area contributed by atoms with Crippen LogP contribution in [0.25, 0.3) is 5.52 Å². The van der Waals surface area contributed by atoms with Crippen molar-refractivity contribution < 1.29 is 9.53 Å². The van der Waals surface area contributed by atoms with E-state index in [0.29, 0.717) is 29.4 Å². The summed E-state index contributed by atoms with van der Waals surface area (Å²) in [5.41, 5.74) is 2.28. The van der Waals surface area contributed by atoms with E-state index in [2.05, 4.69) is 11.2 Å². The molecule has 0 atom stereocenters. The van der Waals surface area contributed by atoms with Gasteiger partial charge in [0, 0.05) is 18.4 Å². The van der Waals surface area contributed by atoms with Gasteiger partial charge in [-0.25, -0.2) is 9.31 Å². The van der Waals surface area contributed by atoms with Crippen molar-refractivity contribution >= 4 is 23.2 Å². The minimum atomic E-state index is -0.368. The van der Waals surface area contributed by atoms with E-state index in [4.69, 9.17) is 10.00 Å². The van der Waals surface area contributed by atoms with E-state index in [-0.39, 0.29) is 5.97 Å². The highest BCUT2D eigenvalue weighted by Crippen LogP contribution is 2.27. The first kappa shape index (κ1) is 14.4. The molecule has 0 radical (unpaired) electrons. The molecule has 0 saturated carbocycles. The van der Waals surface area contributed by atoms with Gasteiger partial charge in [-0.3, -0.25) is 0 Å². The van der Waals surface area contributed by atoms with Crippen LogP contribution in [0.1, 0.15) is 29.3 Å². The molecule has 2 heterocycles. The summed E-state index contributed by atoms with van der Waals surface area (Å²) in [6, 6.07) is 5.92. The lowest BCUT2D eigenvalue weighted by Gasteiger charge is -2.02. The standard InChI is InChI=1S/C14H15N3O2S/c1-3-19-14(18)12-11-9-10(2)5-7-17(11)16-13(12)20-8-4-6-15/h5,7,9H,3-4,8H2,1-2H3. The minimum absolute atomic E-state index is 0.324.